The Kier molecular flexibility index (Phi) is 5.64. The average Bonchev–Trinajstić information content (AvgIpc) is 3.52. The Labute approximate surface area is 271 Å². The van der Waals surface area contributed by atoms with Crippen molar-refractivity contribution in [3.63, 3.8) is 0 Å². The minimum Gasteiger partial charge on any atom is -0.455 e. The molecule has 0 atom stereocenters. The van der Waals surface area contributed by atoms with E-state index in [0.29, 0.717) is 0 Å². The second kappa shape index (κ2) is 10.2. The van der Waals surface area contributed by atoms with Gasteiger partial charge in [0.15, 0.2) is 0 Å². The second-order valence-corrected chi connectivity index (χ2v) is 12.4. The standard InChI is InChI=1S/C46H28O/c1-2-13-29(14-3-1)31-27-41-35-17-10-11-24-43(35)47-46(41)42(28-31)45-39-20-8-6-18-37(39)44(38-19-7-9-21-40(38)45)36-23-12-22-33-32-16-5-4-15-30(32)25-26-34(33)36/h1-28H. The Balaban J connectivity index is 1.36. The Bertz CT molecular complexity index is 2780. The summed E-state index contributed by atoms with van der Waals surface area (Å²) in [6.45, 7) is 0. The molecule has 10 aromatic rings. The van der Waals surface area contributed by atoms with Gasteiger partial charge in [-0.1, -0.05) is 152 Å². The van der Waals surface area contributed by atoms with Crippen molar-refractivity contribution in [3.05, 3.63) is 170 Å². The molecule has 1 nitrogen and oxygen atoms in total. The van der Waals surface area contributed by atoms with Crippen LogP contribution in [0.2, 0.25) is 0 Å². The first-order valence-electron chi connectivity index (χ1n) is 16.2. The molecule has 0 spiro atoms. The van der Waals surface area contributed by atoms with Crippen LogP contribution in [0.3, 0.4) is 0 Å². The van der Waals surface area contributed by atoms with Gasteiger partial charge < -0.3 is 4.42 Å². The Morgan fingerprint density at radius 1 is 0.298 bits per heavy atom. The molecule has 1 heteroatoms. The van der Waals surface area contributed by atoms with E-state index in [1.165, 1.54) is 70.9 Å². The van der Waals surface area contributed by atoms with Crippen LogP contribution < -0.4 is 0 Å². The van der Waals surface area contributed by atoms with Crippen LogP contribution in [0.15, 0.2) is 174 Å². The van der Waals surface area contributed by atoms with E-state index in [1.807, 2.05) is 0 Å². The molecule has 218 valence electrons. The predicted octanol–water partition coefficient (Wildman–Crippen LogP) is 13.2. The van der Waals surface area contributed by atoms with Crippen molar-refractivity contribution >= 4 is 65.0 Å². The van der Waals surface area contributed by atoms with E-state index in [-0.39, 0.29) is 0 Å². The third-order valence-electron chi connectivity index (χ3n) is 9.84. The maximum absolute atomic E-state index is 6.74. The smallest absolute Gasteiger partial charge is 0.143 e. The van der Waals surface area contributed by atoms with E-state index >= 15 is 0 Å². The maximum atomic E-state index is 6.74. The first kappa shape index (κ1) is 26.1. The Morgan fingerprint density at radius 2 is 0.872 bits per heavy atom. The monoisotopic (exact) mass is 596 g/mol. The van der Waals surface area contributed by atoms with Gasteiger partial charge in [0.25, 0.3) is 0 Å². The van der Waals surface area contributed by atoms with Gasteiger partial charge in [0, 0.05) is 21.9 Å². The fourth-order valence-electron chi connectivity index (χ4n) is 7.78. The van der Waals surface area contributed by atoms with Crippen LogP contribution in [0.4, 0.5) is 0 Å². The summed E-state index contributed by atoms with van der Waals surface area (Å²) in [5.74, 6) is 0. The highest BCUT2D eigenvalue weighted by molar-refractivity contribution is 6.27. The lowest BCUT2D eigenvalue weighted by atomic mass is 9.83. The topological polar surface area (TPSA) is 13.1 Å². The van der Waals surface area contributed by atoms with Crippen LogP contribution in [0.25, 0.3) is 98.4 Å². The molecule has 0 fully saturated rings. The minimum atomic E-state index is 0.905. The lowest BCUT2D eigenvalue weighted by Gasteiger charge is -2.19. The van der Waals surface area contributed by atoms with Gasteiger partial charge >= 0.3 is 0 Å². The van der Waals surface area contributed by atoms with Crippen LogP contribution in [0, 0.1) is 0 Å². The highest BCUT2D eigenvalue weighted by Gasteiger charge is 2.22. The quantitative estimate of drug-likeness (QED) is 0.146. The maximum Gasteiger partial charge on any atom is 0.143 e. The van der Waals surface area contributed by atoms with Crippen LogP contribution >= 0.6 is 0 Å². The molecule has 0 aliphatic rings. The summed E-state index contributed by atoms with van der Waals surface area (Å²) in [7, 11) is 0. The normalized spacial score (nSPS) is 11.8. The van der Waals surface area contributed by atoms with Crippen LogP contribution in [0.5, 0.6) is 0 Å². The number of hydrogen-bond donors (Lipinski definition) is 0. The third kappa shape index (κ3) is 3.90. The molecule has 1 heterocycles. The summed E-state index contributed by atoms with van der Waals surface area (Å²) in [5.41, 5.74) is 9.02. The second-order valence-electron chi connectivity index (χ2n) is 12.4. The number of fused-ring (bicyclic) bond motifs is 8. The molecule has 0 N–H and O–H groups in total. The average molecular weight is 597 g/mol. The number of rotatable bonds is 3. The molecular formula is C46H28O. The molecule has 10 rings (SSSR count). The highest BCUT2D eigenvalue weighted by atomic mass is 16.3. The molecule has 0 saturated carbocycles. The van der Waals surface area contributed by atoms with Crippen molar-refractivity contribution in [2.45, 2.75) is 0 Å². The number of para-hydroxylation sites is 1. The lowest BCUT2D eigenvalue weighted by Crippen LogP contribution is -1.92. The van der Waals surface area contributed by atoms with Gasteiger partial charge in [-0.05, 0) is 83.5 Å². The predicted molar refractivity (Wildman–Crippen MR) is 200 cm³/mol. The van der Waals surface area contributed by atoms with Crippen molar-refractivity contribution in [2.24, 2.45) is 0 Å². The molecule has 0 radical (unpaired) electrons. The molecule has 0 unspecified atom stereocenters. The van der Waals surface area contributed by atoms with Crippen molar-refractivity contribution in [1.82, 2.24) is 0 Å². The molecule has 9 aromatic carbocycles. The fourth-order valence-corrected chi connectivity index (χ4v) is 7.78. The minimum absolute atomic E-state index is 0.905. The Morgan fingerprint density at radius 3 is 1.60 bits per heavy atom. The van der Waals surface area contributed by atoms with Gasteiger partial charge in [-0.25, -0.2) is 0 Å². The molecular weight excluding hydrogens is 569 g/mol. The zero-order chi connectivity index (χ0) is 30.9. The molecule has 0 aliphatic heterocycles. The van der Waals surface area contributed by atoms with E-state index < -0.39 is 0 Å². The van der Waals surface area contributed by atoms with Crippen molar-refractivity contribution in [2.75, 3.05) is 0 Å². The summed E-state index contributed by atoms with van der Waals surface area (Å²) < 4.78 is 6.74. The van der Waals surface area contributed by atoms with Crippen LogP contribution in [0.1, 0.15) is 0 Å². The van der Waals surface area contributed by atoms with Crippen LogP contribution in [-0.4, -0.2) is 0 Å². The van der Waals surface area contributed by atoms with Crippen molar-refractivity contribution in [1.29, 1.82) is 0 Å². The van der Waals surface area contributed by atoms with Crippen molar-refractivity contribution < 1.29 is 4.42 Å². The van der Waals surface area contributed by atoms with Crippen molar-refractivity contribution in [3.8, 4) is 33.4 Å². The summed E-state index contributed by atoms with van der Waals surface area (Å²) in [6.07, 6.45) is 0. The molecule has 0 aliphatic carbocycles. The van der Waals surface area contributed by atoms with Crippen LogP contribution in [-0.2, 0) is 0 Å². The zero-order valence-corrected chi connectivity index (χ0v) is 25.6. The van der Waals surface area contributed by atoms with E-state index in [2.05, 4.69) is 170 Å². The largest absolute Gasteiger partial charge is 0.455 e. The summed E-state index contributed by atoms with van der Waals surface area (Å²) in [6, 6.07) is 61.5. The van der Waals surface area contributed by atoms with E-state index in [9.17, 15) is 0 Å². The Hall–Kier alpha value is -6.18. The highest BCUT2D eigenvalue weighted by Crippen LogP contribution is 2.49. The number of furan rings is 1. The number of benzene rings is 9. The lowest BCUT2D eigenvalue weighted by molar-refractivity contribution is 0.670. The van der Waals surface area contributed by atoms with Gasteiger partial charge in [-0.3, -0.25) is 0 Å². The van der Waals surface area contributed by atoms with E-state index in [1.54, 1.807) is 0 Å². The molecule has 0 bridgehead atoms. The SMILES string of the molecule is c1ccc(-c2cc(-c3c4ccccc4c(-c4cccc5c4ccc4ccccc45)c4ccccc34)c3oc4ccccc4c3c2)cc1. The van der Waals surface area contributed by atoms with Gasteiger partial charge in [-0.2, -0.15) is 0 Å². The molecule has 0 amide bonds. The van der Waals surface area contributed by atoms with E-state index in [0.717, 1.165) is 27.5 Å². The number of hydrogen-bond acceptors (Lipinski definition) is 1. The van der Waals surface area contributed by atoms with Gasteiger partial charge in [0.05, 0.1) is 0 Å². The van der Waals surface area contributed by atoms with Gasteiger partial charge in [-0.15, -0.1) is 0 Å². The third-order valence-corrected chi connectivity index (χ3v) is 9.84. The van der Waals surface area contributed by atoms with Gasteiger partial charge in [0.2, 0.25) is 0 Å². The fraction of sp³-hybridized carbons (Fsp3) is 0. The van der Waals surface area contributed by atoms with Gasteiger partial charge in [0.1, 0.15) is 11.2 Å². The van der Waals surface area contributed by atoms with E-state index in [4.69, 9.17) is 4.42 Å². The summed E-state index contributed by atoms with van der Waals surface area (Å²) in [4.78, 5) is 0. The molecule has 1 aromatic heterocycles. The molecule has 0 saturated heterocycles. The summed E-state index contributed by atoms with van der Waals surface area (Å²) in [5, 5.41) is 12.2. The first-order chi connectivity index (χ1) is 23.3. The zero-order valence-electron chi connectivity index (χ0n) is 25.6. The first-order valence-corrected chi connectivity index (χ1v) is 16.2. The molecule has 47 heavy (non-hydrogen) atoms. The summed E-state index contributed by atoms with van der Waals surface area (Å²) >= 11 is 0.